The van der Waals surface area contributed by atoms with E-state index in [9.17, 15) is 32.0 Å². The molecule has 0 bridgehead atoms. The van der Waals surface area contributed by atoms with Crippen LogP contribution in [0.4, 0.5) is 0 Å². The molecule has 2 atom stereocenters. The second kappa shape index (κ2) is 8.05. The number of hydrogen-bond donors (Lipinski definition) is 1. The lowest BCUT2D eigenvalue weighted by atomic mass is 9.85. The third kappa shape index (κ3) is 4.97. The standard InChI is InChI=1S/C20H22N2O9S2/c1-11-17(31-33(5,27)28)15(30-32(4,25)26)10-22(19(11)24)16-13-8-12(9-21)6-7-14(13)29-20(2,3)18(16)23/h6-8,10,16,18,23H,1-5H3/t16-,18+/m1/s1. The summed E-state index contributed by atoms with van der Waals surface area (Å²) in [5.74, 6) is -0.841. The van der Waals surface area contributed by atoms with Crippen molar-refractivity contribution in [1.82, 2.24) is 4.57 Å². The minimum atomic E-state index is -4.16. The average Bonchev–Trinajstić information content (AvgIpc) is 2.67. The van der Waals surface area contributed by atoms with Crippen LogP contribution in [0.5, 0.6) is 17.2 Å². The molecule has 3 rings (SSSR count). The van der Waals surface area contributed by atoms with Crippen LogP contribution in [0.15, 0.2) is 29.2 Å². The Hall–Kier alpha value is -3.08. The van der Waals surface area contributed by atoms with Crippen molar-refractivity contribution < 1.29 is 35.0 Å². The van der Waals surface area contributed by atoms with Gasteiger partial charge in [-0.15, -0.1) is 0 Å². The molecule has 1 aromatic carbocycles. The molecule has 1 aliphatic heterocycles. The quantitative estimate of drug-likeness (QED) is 0.584. The van der Waals surface area contributed by atoms with E-state index in [-0.39, 0.29) is 11.1 Å². The van der Waals surface area contributed by atoms with Crippen molar-refractivity contribution in [2.75, 3.05) is 12.5 Å². The number of aliphatic hydroxyl groups is 1. The van der Waals surface area contributed by atoms with Crippen molar-refractivity contribution in [1.29, 1.82) is 5.26 Å². The van der Waals surface area contributed by atoms with Gasteiger partial charge in [0, 0.05) is 5.56 Å². The summed E-state index contributed by atoms with van der Waals surface area (Å²) >= 11 is 0. The SMILES string of the molecule is Cc1c(OS(C)(=O)=O)c(OS(C)(=O)=O)cn([C@@H]2c3cc(C#N)ccc3OC(C)(C)[C@H]2O)c1=O. The highest BCUT2D eigenvalue weighted by Gasteiger charge is 2.45. The molecule has 0 aliphatic carbocycles. The van der Waals surface area contributed by atoms with Crippen LogP contribution in [0.2, 0.25) is 0 Å². The number of benzene rings is 1. The zero-order chi connectivity index (χ0) is 24.9. The number of nitriles is 1. The first-order valence-electron chi connectivity index (χ1n) is 9.50. The third-order valence-electron chi connectivity index (χ3n) is 4.99. The molecule has 0 radical (unpaired) electrons. The normalized spacial score (nSPS) is 19.7. The topological polar surface area (TPSA) is 162 Å². The van der Waals surface area contributed by atoms with Gasteiger partial charge in [0.1, 0.15) is 17.5 Å². The van der Waals surface area contributed by atoms with Crippen molar-refractivity contribution in [2.24, 2.45) is 0 Å². The zero-order valence-corrected chi connectivity index (χ0v) is 20.0. The van der Waals surface area contributed by atoms with Crippen molar-refractivity contribution in [3.8, 4) is 23.3 Å². The van der Waals surface area contributed by atoms with E-state index < -0.39 is 55.0 Å². The summed E-state index contributed by atoms with van der Waals surface area (Å²) in [6.07, 6.45) is 1.09. The summed E-state index contributed by atoms with van der Waals surface area (Å²) in [5.41, 5.74) is -1.69. The van der Waals surface area contributed by atoms with E-state index in [1.165, 1.54) is 25.1 Å². The minimum absolute atomic E-state index is 0.240. The number of hydrogen-bond acceptors (Lipinski definition) is 10. The molecule has 33 heavy (non-hydrogen) atoms. The minimum Gasteiger partial charge on any atom is -0.485 e. The Morgan fingerprint density at radius 1 is 1.15 bits per heavy atom. The lowest BCUT2D eigenvalue weighted by Gasteiger charge is -2.42. The molecular formula is C20H22N2O9S2. The van der Waals surface area contributed by atoms with Crippen LogP contribution in [-0.2, 0) is 20.2 Å². The van der Waals surface area contributed by atoms with E-state index in [1.54, 1.807) is 13.8 Å². The van der Waals surface area contributed by atoms with Crippen molar-refractivity contribution >= 4 is 20.2 Å². The van der Waals surface area contributed by atoms with Crippen LogP contribution >= 0.6 is 0 Å². The molecule has 1 aromatic heterocycles. The maximum atomic E-state index is 13.3. The maximum Gasteiger partial charge on any atom is 0.306 e. The first kappa shape index (κ1) is 24.6. The zero-order valence-electron chi connectivity index (χ0n) is 18.4. The van der Waals surface area contributed by atoms with Gasteiger partial charge >= 0.3 is 20.2 Å². The molecule has 0 saturated heterocycles. The van der Waals surface area contributed by atoms with Gasteiger partial charge in [-0.1, -0.05) is 0 Å². The van der Waals surface area contributed by atoms with Gasteiger partial charge in [-0.25, -0.2) is 0 Å². The number of nitrogens with zero attached hydrogens (tertiary/aromatic N) is 2. The Morgan fingerprint density at radius 2 is 1.76 bits per heavy atom. The Morgan fingerprint density at radius 3 is 2.30 bits per heavy atom. The second-order valence-corrected chi connectivity index (χ2v) is 11.3. The molecule has 0 spiro atoms. The maximum absolute atomic E-state index is 13.3. The van der Waals surface area contributed by atoms with Gasteiger partial charge in [-0.05, 0) is 39.0 Å². The van der Waals surface area contributed by atoms with Crippen LogP contribution in [-0.4, -0.2) is 50.7 Å². The molecule has 0 amide bonds. The smallest absolute Gasteiger partial charge is 0.306 e. The molecule has 2 aromatic rings. The van der Waals surface area contributed by atoms with Crippen LogP contribution < -0.4 is 18.7 Å². The highest BCUT2D eigenvalue weighted by molar-refractivity contribution is 7.86. The van der Waals surface area contributed by atoms with Gasteiger partial charge in [-0.3, -0.25) is 4.79 Å². The summed E-state index contributed by atoms with van der Waals surface area (Å²) in [5, 5.41) is 20.4. The molecular weight excluding hydrogens is 476 g/mol. The molecule has 1 N–H and O–H groups in total. The van der Waals surface area contributed by atoms with E-state index >= 15 is 0 Å². The van der Waals surface area contributed by atoms with Crippen molar-refractivity contribution in [3.05, 3.63) is 51.4 Å². The van der Waals surface area contributed by atoms with Crippen molar-refractivity contribution in [3.63, 3.8) is 0 Å². The third-order valence-corrected chi connectivity index (χ3v) is 5.95. The van der Waals surface area contributed by atoms with Gasteiger partial charge in [0.05, 0.1) is 41.9 Å². The monoisotopic (exact) mass is 498 g/mol. The van der Waals surface area contributed by atoms with E-state index in [0.717, 1.165) is 23.3 Å². The molecule has 2 heterocycles. The predicted octanol–water partition coefficient (Wildman–Crippen LogP) is 0.826. The average molecular weight is 499 g/mol. The van der Waals surface area contributed by atoms with Gasteiger partial charge < -0.3 is 22.8 Å². The first-order valence-corrected chi connectivity index (χ1v) is 13.1. The fraction of sp³-hybridized carbons (Fsp3) is 0.400. The number of rotatable bonds is 5. The molecule has 0 saturated carbocycles. The van der Waals surface area contributed by atoms with Gasteiger partial charge in [0.15, 0.2) is 5.75 Å². The Balaban J connectivity index is 2.37. The van der Waals surface area contributed by atoms with E-state index in [2.05, 4.69) is 0 Å². The summed E-state index contributed by atoms with van der Waals surface area (Å²) in [4.78, 5) is 13.3. The van der Waals surface area contributed by atoms with Crippen LogP contribution in [0.1, 0.15) is 36.6 Å². The van der Waals surface area contributed by atoms with Crippen LogP contribution in [0.3, 0.4) is 0 Å². The van der Waals surface area contributed by atoms with Gasteiger partial charge in [-0.2, -0.15) is 22.1 Å². The fourth-order valence-electron chi connectivity index (χ4n) is 3.54. The lowest BCUT2D eigenvalue weighted by molar-refractivity contribution is -0.0643. The number of aliphatic hydroxyl groups excluding tert-OH is 1. The van der Waals surface area contributed by atoms with Gasteiger partial charge in [0.2, 0.25) is 5.75 Å². The summed E-state index contributed by atoms with van der Waals surface area (Å²) < 4.78 is 63.7. The van der Waals surface area contributed by atoms with Gasteiger partial charge in [0.25, 0.3) is 5.56 Å². The van der Waals surface area contributed by atoms with Crippen LogP contribution in [0, 0.1) is 18.3 Å². The van der Waals surface area contributed by atoms with E-state index in [0.29, 0.717) is 11.3 Å². The number of ether oxygens (including phenoxy) is 1. The number of aromatic nitrogens is 1. The number of fused-ring (bicyclic) bond motifs is 1. The highest BCUT2D eigenvalue weighted by atomic mass is 32.2. The van der Waals surface area contributed by atoms with E-state index in [1.807, 2.05) is 6.07 Å². The van der Waals surface area contributed by atoms with Crippen molar-refractivity contribution in [2.45, 2.75) is 38.5 Å². The summed E-state index contributed by atoms with van der Waals surface area (Å²) in [7, 11) is -8.31. The Bertz CT molecular complexity index is 1440. The molecule has 0 unspecified atom stereocenters. The molecule has 178 valence electrons. The molecule has 13 heteroatoms. The lowest BCUT2D eigenvalue weighted by Crippen LogP contribution is -2.52. The summed E-state index contributed by atoms with van der Waals surface area (Å²) in [6.45, 7) is 4.43. The molecule has 11 nitrogen and oxygen atoms in total. The van der Waals surface area contributed by atoms with Crippen LogP contribution in [0.25, 0.3) is 0 Å². The Labute approximate surface area is 191 Å². The second-order valence-electron chi connectivity index (χ2n) is 8.19. The molecule has 1 aliphatic rings. The molecule has 0 fully saturated rings. The fourth-order valence-corrected chi connectivity index (χ4v) is 4.50. The Kier molecular flexibility index (Phi) is 5.99. The number of pyridine rings is 1. The highest BCUT2D eigenvalue weighted by Crippen LogP contribution is 2.43. The van der Waals surface area contributed by atoms with E-state index in [4.69, 9.17) is 13.1 Å². The largest absolute Gasteiger partial charge is 0.485 e. The summed E-state index contributed by atoms with van der Waals surface area (Å²) in [6, 6.07) is 5.33. The predicted molar refractivity (Wildman–Crippen MR) is 116 cm³/mol. The first-order chi connectivity index (χ1) is 15.0.